The van der Waals surface area contributed by atoms with Crippen molar-refractivity contribution in [1.29, 1.82) is 0 Å². The monoisotopic (exact) mass is 131 g/mol. The fourth-order valence-electron chi connectivity index (χ4n) is 0.899. The van der Waals surface area contributed by atoms with Crippen molar-refractivity contribution >= 4 is 0 Å². The van der Waals surface area contributed by atoms with Gasteiger partial charge in [0.05, 0.1) is 0 Å². The van der Waals surface area contributed by atoms with E-state index in [1.807, 2.05) is 12.1 Å². The smallest absolute Gasteiger partial charge is 0.178 e. The third-order valence-corrected chi connectivity index (χ3v) is 1.70. The molecule has 0 spiro atoms. The highest BCUT2D eigenvalue weighted by Crippen LogP contribution is 2.18. The molecule has 0 aromatic rings. The predicted molar refractivity (Wildman–Crippen MR) is 33.7 cm³/mol. The number of hydroxylamine groups is 2. The van der Waals surface area contributed by atoms with Crippen molar-refractivity contribution < 1.29 is 9.57 Å². The molecule has 54 valence electrons. The summed E-state index contributed by atoms with van der Waals surface area (Å²) in [5.41, 5.74) is 0. The molecule has 0 aliphatic carbocycles. The molecule has 0 saturated carbocycles. The van der Waals surface area contributed by atoms with Gasteiger partial charge in [-0.25, -0.2) is 0 Å². The zero-order chi connectivity index (χ0) is 6.85. The summed E-state index contributed by atoms with van der Waals surface area (Å²) in [4.78, 5) is 5.23. The van der Waals surface area contributed by atoms with E-state index in [-0.39, 0.29) is 6.29 Å². The maximum Gasteiger partial charge on any atom is 0.178 e. The molecule has 1 heterocycles. The Hall–Kier alpha value is -0.120. The number of hydrogen-bond donors (Lipinski definition) is 0. The fourth-order valence-corrected chi connectivity index (χ4v) is 0.899. The molecule has 0 radical (unpaired) electrons. The molecule has 0 amide bonds. The molecule has 1 saturated heterocycles. The van der Waals surface area contributed by atoms with Gasteiger partial charge in [-0.2, -0.15) is 5.06 Å². The van der Waals surface area contributed by atoms with Gasteiger partial charge in [0.25, 0.3) is 0 Å². The van der Waals surface area contributed by atoms with E-state index in [1.54, 1.807) is 7.11 Å². The minimum Gasteiger partial charge on any atom is -0.354 e. The molecule has 3 nitrogen and oxygen atoms in total. The van der Waals surface area contributed by atoms with Gasteiger partial charge in [-0.15, -0.1) is 0 Å². The second-order valence-electron chi connectivity index (χ2n) is 2.40. The van der Waals surface area contributed by atoms with Crippen molar-refractivity contribution in [2.75, 3.05) is 14.2 Å². The fraction of sp³-hybridized carbons (Fsp3) is 1.00. The SMILES string of the molecule is CO[C@@H]1C[C@H](C)N(C)O1. The molecule has 1 rings (SSSR count). The minimum absolute atomic E-state index is 0.0231. The van der Waals surface area contributed by atoms with Gasteiger partial charge >= 0.3 is 0 Å². The second-order valence-corrected chi connectivity index (χ2v) is 2.40. The van der Waals surface area contributed by atoms with Crippen LogP contribution in [0.15, 0.2) is 0 Å². The average molecular weight is 131 g/mol. The Morgan fingerprint density at radius 3 is 2.56 bits per heavy atom. The van der Waals surface area contributed by atoms with Gasteiger partial charge in [-0.05, 0) is 6.92 Å². The summed E-state index contributed by atoms with van der Waals surface area (Å²) in [7, 11) is 3.58. The van der Waals surface area contributed by atoms with Gasteiger partial charge in [0.2, 0.25) is 0 Å². The predicted octanol–water partition coefficient (Wildman–Crippen LogP) is 0.614. The Kier molecular flexibility index (Phi) is 2.05. The van der Waals surface area contributed by atoms with E-state index in [2.05, 4.69) is 6.92 Å². The highest BCUT2D eigenvalue weighted by molar-refractivity contribution is 4.64. The lowest BCUT2D eigenvalue weighted by Gasteiger charge is -2.11. The summed E-state index contributed by atoms with van der Waals surface area (Å²) < 4.78 is 4.99. The number of methoxy groups -OCH3 is 1. The topological polar surface area (TPSA) is 21.7 Å². The summed E-state index contributed by atoms with van der Waals surface area (Å²) in [6.45, 7) is 2.11. The second kappa shape index (κ2) is 2.64. The lowest BCUT2D eigenvalue weighted by molar-refractivity contribution is -0.218. The third-order valence-electron chi connectivity index (χ3n) is 1.70. The first kappa shape index (κ1) is 6.99. The standard InChI is InChI=1S/C6H13NO2/c1-5-4-6(8-3)9-7(5)2/h5-6H,4H2,1-3H3/t5-,6-/m0/s1. The van der Waals surface area contributed by atoms with Crippen LogP contribution in [0.25, 0.3) is 0 Å². The summed E-state index contributed by atoms with van der Waals surface area (Å²) in [6, 6.07) is 0.481. The van der Waals surface area contributed by atoms with E-state index in [9.17, 15) is 0 Å². The zero-order valence-corrected chi connectivity index (χ0v) is 6.13. The number of hydrogen-bond acceptors (Lipinski definition) is 3. The number of nitrogens with zero attached hydrogens (tertiary/aromatic N) is 1. The van der Waals surface area contributed by atoms with Crippen LogP contribution in [-0.2, 0) is 9.57 Å². The Balaban J connectivity index is 2.35. The molecule has 0 aromatic heterocycles. The summed E-state index contributed by atoms with van der Waals surface area (Å²) in [5.74, 6) is 0. The van der Waals surface area contributed by atoms with Crippen LogP contribution < -0.4 is 0 Å². The van der Waals surface area contributed by atoms with Crippen molar-refractivity contribution in [2.24, 2.45) is 0 Å². The van der Waals surface area contributed by atoms with Crippen LogP contribution >= 0.6 is 0 Å². The zero-order valence-electron chi connectivity index (χ0n) is 6.13. The van der Waals surface area contributed by atoms with Crippen LogP contribution in [0.3, 0.4) is 0 Å². The van der Waals surface area contributed by atoms with E-state index in [1.165, 1.54) is 0 Å². The van der Waals surface area contributed by atoms with Gasteiger partial charge in [0.1, 0.15) is 0 Å². The van der Waals surface area contributed by atoms with Crippen LogP contribution in [0.4, 0.5) is 0 Å². The Labute approximate surface area is 55.5 Å². The molecule has 9 heavy (non-hydrogen) atoms. The maximum atomic E-state index is 5.23. The summed E-state index contributed by atoms with van der Waals surface area (Å²) in [5, 5.41) is 1.83. The first-order chi connectivity index (χ1) is 4.24. The van der Waals surface area contributed by atoms with Gasteiger partial charge in [-0.3, -0.25) is 4.84 Å². The Morgan fingerprint density at radius 2 is 2.33 bits per heavy atom. The molecule has 2 atom stereocenters. The van der Waals surface area contributed by atoms with Crippen molar-refractivity contribution in [2.45, 2.75) is 25.7 Å². The first-order valence-electron chi connectivity index (χ1n) is 3.16. The van der Waals surface area contributed by atoms with Crippen LogP contribution in [0.5, 0.6) is 0 Å². The minimum atomic E-state index is -0.0231. The average Bonchev–Trinajstić information content (AvgIpc) is 2.13. The van der Waals surface area contributed by atoms with Gasteiger partial charge in [-0.1, -0.05) is 0 Å². The highest BCUT2D eigenvalue weighted by Gasteiger charge is 2.26. The van der Waals surface area contributed by atoms with E-state index in [0.717, 1.165) is 6.42 Å². The molecule has 1 aliphatic heterocycles. The Morgan fingerprint density at radius 1 is 1.67 bits per heavy atom. The molecule has 1 aliphatic rings. The molecular weight excluding hydrogens is 118 g/mol. The van der Waals surface area contributed by atoms with Crippen molar-refractivity contribution in [3.63, 3.8) is 0 Å². The Bertz CT molecular complexity index is 87.1. The molecule has 0 N–H and O–H groups in total. The summed E-state index contributed by atoms with van der Waals surface area (Å²) >= 11 is 0. The van der Waals surface area contributed by atoms with Crippen molar-refractivity contribution in [3.05, 3.63) is 0 Å². The molecule has 3 heteroatoms. The third kappa shape index (κ3) is 1.41. The number of ether oxygens (including phenoxy) is 1. The molecule has 1 fully saturated rings. The first-order valence-corrected chi connectivity index (χ1v) is 3.16. The number of rotatable bonds is 1. The van der Waals surface area contributed by atoms with Crippen LogP contribution in [0.1, 0.15) is 13.3 Å². The molecule has 0 unspecified atom stereocenters. The van der Waals surface area contributed by atoms with E-state index in [0.29, 0.717) is 6.04 Å². The van der Waals surface area contributed by atoms with Crippen LogP contribution in [0.2, 0.25) is 0 Å². The lowest BCUT2D eigenvalue weighted by atomic mass is 10.2. The van der Waals surface area contributed by atoms with Crippen molar-refractivity contribution in [1.82, 2.24) is 5.06 Å². The largest absolute Gasteiger partial charge is 0.354 e. The van der Waals surface area contributed by atoms with E-state index >= 15 is 0 Å². The molecule has 0 bridgehead atoms. The van der Waals surface area contributed by atoms with Gasteiger partial charge in [0.15, 0.2) is 6.29 Å². The summed E-state index contributed by atoms with van der Waals surface area (Å²) in [6.07, 6.45) is 0.942. The van der Waals surface area contributed by atoms with Gasteiger partial charge in [0, 0.05) is 26.6 Å². The molecular formula is C6H13NO2. The van der Waals surface area contributed by atoms with Crippen LogP contribution in [0, 0.1) is 0 Å². The highest BCUT2D eigenvalue weighted by atomic mass is 16.8. The normalized spacial score (nSPS) is 37.7. The van der Waals surface area contributed by atoms with Gasteiger partial charge < -0.3 is 4.74 Å². The molecule has 0 aromatic carbocycles. The quantitative estimate of drug-likeness (QED) is 0.520. The lowest BCUT2D eigenvalue weighted by Crippen LogP contribution is -2.20. The maximum absolute atomic E-state index is 5.23. The van der Waals surface area contributed by atoms with Crippen LogP contribution in [-0.4, -0.2) is 31.6 Å². The van der Waals surface area contributed by atoms with Crippen molar-refractivity contribution in [3.8, 4) is 0 Å². The van der Waals surface area contributed by atoms with E-state index < -0.39 is 0 Å². The van der Waals surface area contributed by atoms with E-state index in [4.69, 9.17) is 9.57 Å².